The van der Waals surface area contributed by atoms with Crippen molar-refractivity contribution in [3.8, 4) is 0 Å². The Morgan fingerprint density at radius 2 is 2.00 bits per heavy atom. The first-order valence-electron chi connectivity index (χ1n) is 9.74. The molecule has 1 nitrogen and oxygen atoms in total. The summed E-state index contributed by atoms with van der Waals surface area (Å²) < 4.78 is 0. The maximum absolute atomic E-state index is 4.50. The van der Waals surface area contributed by atoms with Gasteiger partial charge in [-0.15, -0.1) is 0 Å². The number of nitrogens with zero attached hydrogens (tertiary/aromatic N) is 1. The van der Waals surface area contributed by atoms with Crippen LogP contribution in [0.5, 0.6) is 0 Å². The third-order valence-corrected chi connectivity index (χ3v) is 7.72. The van der Waals surface area contributed by atoms with E-state index in [4.69, 9.17) is 0 Å². The molecule has 0 heterocycles. The van der Waals surface area contributed by atoms with E-state index in [1.807, 2.05) is 12.6 Å². The average molecular weight is 300 g/mol. The molecule has 0 aromatic heterocycles. The van der Waals surface area contributed by atoms with Gasteiger partial charge in [-0.1, -0.05) is 32.8 Å². The normalized spacial score (nSPS) is 47.3. The summed E-state index contributed by atoms with van der Waals surface area (Å²) in [5.74, 6) is 5.90. The molecule has 0 N–H and O–H groups in total. The van der Waals surface area contributed by atoms with Crippen molar-refractivity contribution in [2.45, 2.75) is 65.7 Å². The van der Waals surface area contributed by atoms with E-state index >= 15 is 0 Å². The van der Waals surface area contributed by atoms with E-state index in [1.165, 1.54) is 50.7 Å². The van der Waals surface area contributed by atoms with Gasteiger partial charge >= 0.3 is 0 Å². The first kappa shape index (κ1) is 15.0. The van der Waals surface area contributed by atoms with Gasteiger partial charge in [-0.05, 0) is 85.5 Å². The molecule has 6 atom stereocenters. The molecule has 4 rings (SSSR count). The van der Waals surface area contributed by atoms with Gasteiger partial charge in [0.1, 0.15) is 0 Å². The molecule has 22 heavy (non-hydrogen) atoms. The van der Waals surface area contributed by atoms with Crippen molar-refractivity contribution in [2.24, 2.45) is 45.9 Å². The van der Waals surface area contributed by atoms with Crippen molar-refractivity contribution in [3.05, 3.63) is 11.6 Å². The third kappa shape index (κ3) is 2.14. The number of hydrogen-bond donors (Lipinski definition) is 0. The number of rotatable bonds is 2. The van der Waals surface area contributed by atoms with E-state index in [2.05, 4.69) is 31.8 Å². The Labute approximate surface area is 136 Å². The summed E-state index contributed by atoms with van der Waals surface area (Å²) in [5, 5.41) is 0. The van der Waals surface area contributed by atoms with Crippen LogP contribution in [0, 0.1) is 40.9 Å². The topological polar surface area (TPSA) is 12.4 Å². The highest BCUT2D eigenvalue weighted by Crippen LogP contribution is 2.68. The van der Waals surface area contributed by atoms with E-state index in [9.17, 15) is 0 Å². The van der Waals surface area contributed by atoms with Crippen molar-refractivity contribution >= 4 is 5.71 Å². The summed E-state index contributed by atoms with van der Waals surface area (Å²) >= 11 is 0. The van der Waals surface area contributed by atoms with Crippen LogP contribution in [0.25, 0.3) is 0 Å². The molecule has 0 radical (unpaired) electrons. The molecule has 0 spiro atoms. The smallest absolute Gasteiger partial charge is 0.0344 e. The zero-order chi connectivity index (χ0) is 15.5. The minimum absolute atomic E-state index is 0.580. The first-order chi connectivity index (χ1) is 10.6. The maximum atomic E-state index is 4.50. The van der Waals surface area contributed by atoms with Crippen LogP contribution in [-0.2, 0) is 0 Å². The van der Waals surface area contributed by atoms with Crippen molar-refractivity contribution < 1.29 is 0 Å². The van der Waals surface area contributed by atoms with Crippen LogP contribution in [-0.4, -0.2) is 12.8 Å². The van der Waals surface area contributed by atoms with Gasteiger partial charge in [0.15, 0.2) is 0 Å². The lowest BCUT2D eigenvalue weighted by Gasteiger charge is -2.54. The predicted octanol–water partition coefficient (Wildman–Crippen LogP) is 5.51. The molecule has 0 aromatic carbocycles. The van der Waals surface area contributed by atoms with Crippen LogP contribution < -0.4 is 0 Å². The highest BCUT2D eigenvalue weighted by atomic mass is 14.7. The second-order valence-electron chi connectivity index (χ2n) is 9.17. The van der Waals surface area contributed by atoms with Crippen LogP contribution in [0.1, 0.15) is 65.7 Å². The number of fused-ring (bicyclic) bond motifs is 6. The number of hydrogen-bond acceptors (Lipinski definition) is 1. The molecule has 122 valence electrons. The Morgan fingerprint density at radius 3 is 2.73 bits per heavy atom. The Morgan fingerprint density at radius 1 is 1.18 bits per heavy atom. The van der Waals surface area contributed by atoms with E-state index in [-0.39, 0.29) is 0 Å². The number of allylic oxidation sites excluding steroid dienone is 2. The summed E-state index contributed by atoms with van der Waals surface area (Å²) in [4.78, 5) is 4.50. The lowest BCUT2D eigenvalue weighted by Crippen LogP contribution is -2.47. The molecular formula is C21H33N. The zero-order valence-corrected chi connectivity index (χ0v) is 14.9. The van der Waals surface area contributed by atoms with Gasteiger partial charge in [0, 0.05) is 12.8 Å². The van der Waals surface area contributed by atoms with Gasteiger partial charge in [0.2, 0.25) is 0 Å². The Bertz CT molecular complexity index is 512. The molecule has 0 saturated heterocycles. The summed E-state index contributed by atoms with van der Waals surface area (Å²) in [5.41, 5.74) is 3.78. The fourth-order valence-corrected chi connectivity index (χ4v) is 6.60. The summed E-state index contributed by atoms with van der Waals surface area (Å²) in [6.45, 7) is 7.52. The minimum atomic E-state index is 0.580. The third-order valence-electron chi connectivity index (χ3n) is 7.72. The van der Waals surface area contributed by atoms with Crippen molar-refractivity contribution in [1.29, 1.82) is 0 Å². The molecule has 6 unspecified atom stereocenters. The molecule has 0 amide bonds. The standard InChI is InChI=1S/C21H33N/c1-5-6-19-20-15(9-10-21(19,2)3)14-8-7-13(22-4)11-16(14)17-12-18(17)20/h11,14-15,17-20H,5-10,12H2,1-4H3. The second-order valence-corrected chi connectivity index (χ2v) is 9.17. The van der Waals surface area contributed by atoms with Crippen molar-refractivity contribution in [1.82, 2.24) is 0 Å². The predicted molar refractivity (Wildman–Crippen MR) is 94.2 cm³/mol. The summed E-state index contributed by atoms with van der Waals surface area (Å²) in [6.07, 6.45) is 12.4. The minimum Gasteiger partial charge on any atom is -0.293 e. The first-order valence-corrected chi connectivity index (χ1v) is 9.74. The quantitative estimate of drug-likeness (QED) is 0.637. The van der Waals surface area contributed by atoms with Crippen LogP contribution in [0.2, 0.25) is 0 Å². The van der Waals surface area contributed by atoms with Crippen molar-refractivity contribution in [3.63, 3.8) is 0 Å². The van der Waals surface area contributed by atoms with Gasteiger partial charge in [-0.25, -0.2) is 0 Å². The average Bonchev–Trinajstić information content (AvgIpc) is 3.30. The number of aliphatic imine (C=N–C) groups is 1. The van der Waals surface area contributed by atoms with Crippen LogP contribution in [0.15, 0.2) is 16.6 Å². The van der Waals surface area contributed by atoms with Crippen LogP contribution in [0.4, 0.5) is 0 Å². The van der Waals surface area contributed by atoms with Gasteiger partial charge in [0.25, 0.3) is 0 Å². The van der Waals surface area contributed by atoms with Gasteiger partial charge in [0.05, 0.1) is 0 Å². The van der Waals surface area contributed by atoms with E-state index in [1.54, 1.807) is 0 Å². The summed E-state index contributed by atoms with van der Waals surface area (Å²) in [6, 6.07) is 0. The van der Waals surface area contributed by atoms with Gasteiger partial charge in [-0.3, -0.25) is 4.99 Å². The molecule has 3 fully saturated rings. The van der Waals surface area contributed by atoms with Gasteiger partial charge < -0.3 is 0 Å². The fourth-order valence-electron chi connectivity index (χ4n) is 6.60. The lowest BCUT2D eigenvalue weighted by atomic mass is 9.51. The molecule has 0 bridgehead atoms. The van der Waals surface area contributed by atoms with E-state index in [0.717, 1.165) is 35.5 Å². The lowest BCUT2D eigenvalue weighted by molar-refractivity contribution is -0.0228. The monoisotopic (exact) mass is 299 g/mol. The molecule has 0 aliphatic heterocycles. The Hall–Kier alpha value is -0.590. The molecule has 4 aliphatic rings. The van der Waals surface area contributed by atoms with Crippen LogP contribution >= 0.6 is 0 Å². The highest BCUT2D eigenvalue weighted by molar-refractivity contribution is 5.96. The highest BCUT2D eigenvalue weighted by Gasteiger charge is 2.60. The molecular weight excluding hydrogens is 266 g/mol. The van der Waals surface area contributed by atoms with E-state index < -0.39 is 0 Å². The molecule has 3 saturated carbocycles. The maximum Gasteiger partial charge on any atom is 0.0344 e. The molecule has 1 heteroatoms. The van der Waals surface area contributed by atoms with E-state index in [0.29, 0.717) is 5.41 Å². The van der Waals surface area contributed by atoms with Gasteiger partial charge in [-0.2, -0.15) is 0 Å². The second kappa shape index (κ2) is 5.21. The fraction of sp³-hybridized carbons (Fsp3) is 0.857. The zero-order valence-electron chi connectivity index (χ0n) is 14.9. The Kier molecular flexibility index (Phi) is 3.55. The molecule has 4 aliphatic carbocycles. The summed E-state index contributed by atoms with van der Waals surface area (Å²) in [7, 11) is 1.98. The SMILES string of the molecule is CCCC1C2C(CCC1(C)C)C1CCC(=NC)C=C1C1CC12. The largest absolute Gasteiger partial charge is 0.293 e. The Balaban J connectivity index is 1.67. The van der Waals surface area contributed by atoms with Crippen molar-refractivity contribution in [2.75, 3.05) is 7.05 Å². The van der Waals surface area contributed by atoms with Crippen LogP contribution in [0.3, 0.4) is 0 Å². The molecule has 0 aromatic rings.